The number of esters is 1. The number of rotatable bonds is 5. The maximum absolute atomic E-state index is 12.6. The van der Waals surface area contributed by atoms with Crippen LogP contribution in [-0.4, -0.2) is 29.5 Å². The van der Waals surface area contributed by atoms with Crippen molar-refractivity contribution >= 4 is 44.8 Å². The second-order valence-electron chi connectivity index (χ2n) is 6.08. The lowest BCUT2D eigenvalue weighted by atomic mass is 10.0. The van der Waals surface area contributed by atoms with Crippen LogP contribution in [0.1, 0.15) is 17.3 Å². The van der Waals surface area contributed by atoms with E-state index in [1.807, 2.05) is 30.3 Å². The highest BCUT2D eigenvalue weighted by Crippen LogP contribution is 2.38. The summed E-state index contributed by atoms with van der Waals surface area (Å²) in [6, 6.07) is 11.2. The molecule has 0 bridgehead atoms. The van der Waals surface area contributed by atoms with Gasteiger partial charge in [-0.15, -0.1) is 0 Å². The molecular weight excluding hydrogens is 402 g/mol. The van der Waals surface area contributed by atoms with Gasteiger partial charge < -0.3 is 15.6 Å². The third kappa shape index (κ3) is 3.91. The Morgan fingerprint density at radius 3 is 2.57 bits per heavy atom. The fraction of sp³-hybridized carbons (Fsp3) is 0.150. The minimum Gasteiger partial charge on any atom is -0.506 e. The standard InChI is InChI=1S/C20H16ClNO5S/c1-10(23)27-9-15(22)18(25)16-17(24)14-8-12(21)7-13(19(14)28-20(16)26)11-5-3-2-4-6-11/h2-8,15,24H,9,22H2,1H3. The lowest BCUT2D eigenvalue weighted by molar-refractivity contribution is -0.141. The lowest BCUT2D eigenvalue weighted by Gasteiger charge is -2.13. The Kier molecular flexibility index (Phi) is 5.79. The molecule has 0 saturated heterocycles. The van der Waals surface area contributed by atoms with Gasteiger partial charge in [0.1, 0.15) is 24.0 Å². The maximum Gasteiger partial charge on any atom is 0.302 e. The van der Waals surface area contributed by atoms with Crippen molar-refractivity contribution in [1.82, 2.24) is 0 Å². The summed E-state index contributed by atoms with van der Waals surface area (Å²) in [5, 5.41) is 11.3. The molecule has 144 valence electrons. The molecule has 1 aromatic heterocycles. The van der Waals surface area contributed by atoms with Gasteiger partial charge in [0.15, 0.2) is 5.78 Å². The molecule has 28 heavy (non-hydrogen) atoms. The zero-order valence-electron chi connectivity index (χ0n) is 14.8. The van der Waals surface area contributed by atoms with Gasteiger partial charge in [-0.3, -0.25) is 14.4 Å². The predicted octanol–water partition coefficient (Wildman–Crippen LogP) is 3.36. The number of Topliss-reactive ketones (excluding diaryl/α,β-unsaturated/α-hetero) is 1. The number of ether oxygens (including phenoxy) is 1. The van der Waals surface area contributed by atoms with Gasteiger partial charge in [0.25, 0.3) is 0 Å². The normalized spacial score (nSPS) is 12.0. The van der Waals surface area contributed by atoms with E-state index in [4.69, 9.17) is 22.1 Å². The Balaban J connectivity index is 2.17. The molecule has 0 fully saturated rings. The number of hydrogen-bond acceptors (Lipinski definition) is 7. The van der Waals surface area contributed by atoms with Gasteiger partial charge in [-0.2, -0.15) is 0 Å². The van der Waals surface area contributed by atoms with Crippen LogP contribution in [0, 0.1) is 0 Å². The van der Waals surface area contributed by atoms with Crippen LogP contribution in [0.4, 0.5) is 0 Å². The summed E-state index contributed by atoms with van der Waals surface area (Å²) in [4.78, 5) is 36.1. The number of carbonyl (C=O) groups excluding carboxylic acids is 2. The molecule has 1 heterocycles. The quantitative estimate of drug-likeness (QED) is 0.487. The largest absolute Gasteiger partial charge is 0.506 e. The maximum atomic E-state index is 12.6. The third-order valence-electron chi connectivity index (χ3n) is 4.08. The van der Waals surface area contributed by atoms with Gasteiger partial charge in [0.2, 0.25) is 4.74 Å². The Labute approximate surface area is 169 Å². The van der Waals surface area contributed by atoms with Crippen LogP contribution in [0.5, 0.6) is 5.75 Å². The minimum atomic E-state index is -1.26. The van der Waals surface area contributed by atoms with E-state index < -0.39 is 33.8 Å². The number of fused-ring (bicyclic) bond motifs is 1. The van der Waals surface area contributed by atoms with Gasteiger partial charge in [-0.05, 0) is 17.7 Å². The summed E-state index contributed by atoms with van der Waals surface area (Å²) in [5.41, 5.74) is 6.79. The van der Waals surface area contributed by atoms with Crippen molar-refractivity contribution in [3.05, 3.63) is 62.6 Å². The van der Waals surface area contributed by atoms with Crippen LogP contribution in [0.25, 0.3) is 21.2 Å². The highest BCUT2D eigenvalue weighted by Gasteiger charge is 2.26. The van der Waals surface area contributed by atoms with E-state index in [1.165, 1.54) is 13.0 Å². The first-order valence-corrected chi connectivity index (χ1v) is 9.47. The Morgan fingerprint density at radius 1 is 1.25 bits per heavy atom. The molecule has 8 heteroatoms. The van der Waals surface area contributed by atoms with E-state index in [1.54, 1.807) is 6.07 Å². The number of aromatic hydroxyl groups is 1. The molecule has 3 aromatic rings. The van der Waals surface area contributed by atoms with Crippen LogP contribution in [-0.2, 0) is 9.53 Å². The molecule has 0 aliphatic heterocycles. The third-order valence-corrected chi connectivity index (χ3v) is 5.33. The molecular formula is C20H16ClNO5S. The van der Waals surface area contributed by atoms with Gasteiger partial charge in [-0.1, -0.05) is 53.3 Å². The first-order valence-electron chi connectivity index (χ1n) is 8.27. The summed E-state index contributed by atoms with van der Waals surface area (Å²) >= 11 is 7.04. The minimum absolute atomic E-state index is 0.277. The topological polar surface area (TPSA) is 107 Å². The molecule has 3 rings (SSSR count). The molecule has 2 aromatic carbocycles. The lowest BCUT2D eigenvalue weighted by Crippen LogP contribution is -2.37. The first-order chi connectivity index (χ1) is 13.3. The average Bonchev–Trinajstić information content (AvgIpc) is 2.66. The molecule has 1 unspecified atom stereocenters. The molecule has 0 aliphatic carbocycles. The summed E-state index contributed by atoms with van der Waals surface area (Å²) in [7, 11) is 0. The van der Waals surface area contributed by atoms with Crippen molar-refractivity contribution in [3.8, 4) is 16.9 Å². The van der Waals surface area contributed by atoms with E-state index in [9.17, 15) is 19.5 Å². The SMILES string of the molecule is CC(=O)OCC(N)C(=O)c1c(O)c2cc(Cl)cc(-c3ccccc3)c2sc1=O. The van der Waals surface area contributed by atoms with Gasteiger partial charge in [0, 0.05) is 27.6 Å². The van der Waals surface area contributed by atoms with Crippen molar-refractivity contribution in [1.29, 1.82) is 0 Å². The Morgan fingerprint density at radius 2 is 1.93 bits per heavy atom. The van der Waals surface area contributed by atoms with Crippen molar-refractivity contribution < 1.29 is 19.4 Å². The first kappa shape index (κ1) is 20.0. The van der Waals surface area contributed by atoms with Crippen molar-refractivity contribution in [2.45, 2.75) is 13.0 Å². The molecule has 0 saturated carbocycles. The van der Waals surface area contributed by atoms with Crippen molar-refractivity contribution in [2.75, 3.05) is 6.61 Å². The van der Waals surface area contributed by atoms with Gasteiger partial charge in [0.05, 0.1) is 0 Å². The molecule has 3 N–H and O–H groups in total. The summed E-state index contributed by atoms with van der Waals surface area (Å²) in [5.74, 6) is -1.89. The van der Waals surface area contributed by atoms with E-state index >= 15 is 0 Å². The fourth-order valence-corrected chi connectivity index (χ4v) is 4.03. The average molecular weight is 418 g/mol. The molecule has 6 nitrogen and oxygen atoms in total. The predicted molar refractivity (Wildman–Crippen MR) is 109 cm³/mol. The number of halogens is 1. The van der Waals surface area contributed by atoms with Crippen LogP contribution in [0.3, 0.4) is 0 Å². The Hall–Kier alpha value is -2.74. The fourth-order valence-electron chi connectivity index (χ4n) is 2.77. The molecule has 1 atom stereocenters. The van der Waals surface area contributed by atoms with E-state index in [-0.39, 0.29) is 12.0 Å². The van der Waals surface area contributed by atoms with Crippen LogP contribution < -0.4 is 10.5 Å². The number of hydrogen-bond donors (Lipinski definition) is 2. The second kappa shape index (κ2) is 8.10. The van der Waals surface area contributed by atoms with Crippen LogP contribution in [0.2, 0.25) is 5.02 Å². The highest BCUT2D eigenvalue weighted by atomic mass is 35.5. The van der Waals surface area contributed by atoms with Gasteiger partial charge >= 0.3 is 5.97 Å². The summed E-state index contributed by atoms with van der Waals surface area (Å²) < 4.78 is 4.59. The van der Waals surface area contributed by atoms with Crippen molar-refractivity contribution in [3.63, 3.8) is 0 Å². The Bertz CT molecular complexity index is 1130. The molecule has 0 radical (unpaired) electrons. The van der Waals surface area contributed by atoms with E-state index in [2.05, 4.69) is 0 Å². The summed E-state index contributed by atoms with van der Waals surface area (Å²) in [6.45, 7) is 0.791. The number of benzene rings is 2. The monoisotopic (exact) mass is 417 g/mol. The van der Waals surface area contributed by atoms with Gasteiger partial charge in [-0.25, -0.2) is 0 Å². The number of carbonyl (C=O) groups is 2. The van der Waals surface area contributed by atoms with E-state index in [0.29, 0.717) is 15.3 Å². The second-order valence-corrected chi connectivity index (χ2v) is 7.50. The number of ketones is 1. The summed E-state index contributed by atoms with van der Waals surface area (Å²) in [6.07, 6.45) is 0. The highest BCUT2D eigenvalue weighted by molar-refractivity contribution is 7.17. The molecule has 0 aliphatic rings. The molecule has 0 amide bonds. The van der Waals surface area contributed by atoms with Crippen molar-refractivity contribution in [2.24, 2.45) is 5.73 Å². The smallest absolute Gasteiger partial charge is 0.302 e. The van der Waals surface area contributed by atoms with Crippen LogP contribution >= 0.6 is 22.9 Å². The van der Waals surface area contributed by atoms with E-state index in [0.717, 1.165) is 16.9 Å². The molecule has 0 spiro atoms. The zero-order valence-corrected chi connectivity index (χ0v) is 16.3. The zero-order chi connectivity index (χ0) is 20.4. The number of nitrogens with two attached hydrogens (primary N) is 1. The van der Waals surface area contributed by atoms with Crippen LogP contribution in [0.15, 0.2) is 47.3 Å².